The standard InChI is InChI=1S/C13H12ClNO4S/c14-20(17,18)12-6-2-1-5-11(12)13(16)15-8-7-10-4-3-9-19-10/h1-6,9H,7-8H2,(H,15,16). The molecular weight excluding hydrogens is 302 g/mol. The summed E-state index contributed by atoms with van der Waals surface area (Å²) in [5, 5.41) is 2.63. The average molecular weight is 314 g/mol. The van der Waals surface area contributed by atoms with Crippen LogP contribution in [-0.4, -0.2) is 20.9 Å². The molecule has 106 valence electrons. The maximum Gasteiger partial charge on any atom is 0.262 e. The molecule has 1 aromatic carbocycles. The van der Waals surface area contributed by atoms with Gasteiger partial charge in [0.1, 0.15) is 5.76 Å². The van der Waals surface area contributed by atoms with Crippen LogP contribution in [0.2, 0.25) is 0 Å². The Balaban J connectivity index is 2.06. The van der Waals surface area contributed by atoms with Crippen molar-refractivity contribution in [3.8, 4) is 0 Å². The number of hydrogen-bond acceptors (Lipinski definition) is 4. The normalized spacial score (nSPS) is 11.2. The van der Waals surface area contributed by atoms with E-state index < -0.39 is 15.0 Å². The van der Waals surface area contributed by atoms with Crippen molar-refractivity contribution in [3.63, 3.8) is 0 Å². The van der Waals surface area contributed by atoms with Gasteiger partial charge in [-0.1, -0.05) is 12.1 Å². The Morgan fingerprint density at radius 3 is 2.60 bits per heavy atom. The van der Waals surface area contributed by atoms with Gasteiger partial charge in [0.25, 0.3) is 15.0 Å². The van der Waals surface area contributed by atoms with Crippen molar-refractivity contribution in [2.45, 2.75) is 11.3 Å². The lowest BCUT2D eigenvalue weighted by atomic mass is 10.2. The lowest BCUT2D eigenvalue weighted by Crippen LogP contribution is -2.26. The van der Waals surface area contributed by atoms with Crippen LogP contribution in [-0.2, 0) is 15.5 Å². The summed E-state index contributed by atoms with van der Waals surface area (Å²) in [4.78, 5) is 11.8. The van der Waals surface area contributed by atoms with Crippen LogP contribution in [0, 0.1) is 0 Å². The molecular formula is C13H12ClNO4S. The van der Waals surface area contributed by atoms with Crippen LogP contribution in [0.1, 0.15) is 16.1 Å². The molecule has 0 fully saturated rings. The van der Waals surface area contributed by atoms with E-state index in [1.165, 1.54) is 18.2 Å². The number of halogens is 1. The Bertz CT molecular complexity index is 695. The molecule has 2 rings (SSSR count). The molecule has 1 N–H and O–H groups in total. The second kappa shape index (κ2) is 6.11. The van der Waals surface area contributed by atoms with Crippen molar-refractivity contribution in [2.75, 3.05) is 6.54 Å². The molecule has 1 aromatic heterocycles. The Morgan fingerprint density at radius 2 is 1.95 bits per heavy atom. The summed E-state index contributed by atoms with van der Waals surface area (Å²) in [5.74, 6) is 0.250. The fourth-order valence-electron chi connectivity index (χ4n) is 1.72. The van der Waals surface area contributed by atoms with Gasteiger partial charge in [-0.05, 0) is 24.3 Å². The zero-order valence-electron chi connectivity index (χ0n) is 10.4. The molecule has 0 aliphatic rings. The van der Waals surface area contributed by atoms with Crippen molar-refractivity contribution in [3.05, 3.63) is 54.0 Å². The highest BCUT2D eigenvalue weighted by atomic mass is 35.7. The zero-order valence-corrected chi connectivity index (χ0v) is 11.9. The molecule has 0 bridgehead atoms. The second-order valence-electron chi connectivity index (χ2n) is 4.02. The minimum Gasteiger partial charge on any atom is -0.469 e. The number of rotatable bonds is 5. The Kier molecular flexibility index (Phi) is 4.46. The van der Waals surface area contributed by atoms with Crippen molar-refractivity contribution in [1.29, 1.82) is 0 Å². The second-order valence-corrected chi connectivity index (χ2v) is 6.55. The number of carbonyl (C=O) groups excluding carboxylic acids is 1. The molecule has 5 nitrogen and oxygen atoms in total. The predicted octanol–water partition coefficient (Wildman–Crippen LogP) is 2.18. The highest BCUT2D eigenvalue weighted by molar-refractivity contribution is 8.13. The quantitative estimate of drug-likeness (QED) is 0.858. The van der Waals surface area contributed by atoms with E-state index >= 15 is 0 Å². The highest BCUT2D eigenvalue weighted by Crippen LogP contribution is 2.19. The molecule has 0 spiro atoms. The van der Waals surface area contributed by atoms with E-state index in [0.29, 0.717) is 13.0 Å². The van der Waals surface area contributed by atoms with Gasteiger partial charge in [-0.25, -0.2) is 8.42 Å². The van der Waals surface area contributed by atoms with Gasteiger partial charge in [-0.3, -0.25) is 4.79 Å². The van der Waals surface area contributed by atoms with E-state index in [2.05, 4.69) is 5.32 Å². The van der Waals surface area contributed by atoms with Crippen molar-refractivity contribution < 1.29 is 17.6 Å². The summed E-state index contributed by atoms with van der Waals surface area (Å²) in [6.45, 7) is 0.336. The number of amides is 1. The number of hydrogen-bond donors (Lipinski definition) is 1. The molecule has 7 heteroatoms. The molecule has 0 saturated carbocycles. The van der Waals surface area contributed by atoms with Crippen molar-refractivity contribution in [2.24, 2.45) is 0 Å². The number of carbonyl (C=O) groups is 1. The van der Waals surface area contributed by atoms with Crippen molar-refractivity contribution >= 4 is 25.6 Å². The molecule has 0 aliphatic carbocycles. The first-order valence-electron chi connectivity index (χ1n) is 5.83. The lowest BCUT2D eigenvalue weighted by Gasteiger charge is -2.07. The maximum atomic E-state index is 12.0. The van der Waals surface area contributed by atoms with E-state index in [-0.39, 0.29) is 10.5 Å². The van der Waals surface area contributed by atoms with Gasteiger partial charge in [0, 0.05) is 23.6 Å². The van der Waals surface area contributed by atoms with Crippen LogP contribution in [0.4, 0.5) is 0 Å². The van der Waals surface area contributed by atoms with Crippen LogP contribution < -0.4 is 5.32 Å². The Morgan fingerprint density at radius 1 is 1.20 bits per heavy atom. The van der Waals surface area contributed by atoms with Crippen molar-refractivity contribution in [1.82, 2.24) is 5.32 Å². The van der Waals surface area contributed by atoms with E-state index in [1.807, 2.05) is 0 Å². The fraction of sp³-hybridized carbons (Fsp3) is 0.154. The molecule has 20 heavy (non-hydrogen) atoms. The zero-order chi connectivity index (χ0) is 14.6. The predicted molar refractivity (Wildman–Crippen MR) is 74.2 cm³/mol. The van der Waals surface area contributed by atoms with E-state index in [0.717, 1.165) is 5.76 Å². The first-order valence-corrected chi connectivity index (χ1v) is 8.13. The summed E-state index contributed by atoms with van der Waals surface area (Å²) >= 11 is 0. The minimum absolute atomic E-state index is 0.0296. The van der Waals surface area contributed by atoms with Crippen LogP contribution in [0.5, 0.6) is 0 Å². The maximum absolute atomic E-state index is 12.0. The third-order valence-corrected chi connectivity index (χ3v) is 4.01. The summed E-state index contributed by atoms with van der Waals surface area (Å²) in [7, 11) is 1.35. The van der Waals surface area contributed by atoms with E-state index in [1.54, 1.807) is 24.5 Å². The van der Waals surface area contributed by atoms with Gasteiger partial charge in [-0.15, -0.1) is 0 Å². The Labute approximate surface area is 121 Å². The molecule has 0 radical (unpaired) electrons. The summed E-state index contributed by atoms with van der Waals surface area (Å²) < 4.78 is 27.9. The van der Waals surface area contributed by atoms with E-state index in [9.17, 15) is 13.2 Å². The van der Waals surface area contributed by atoms with Crippen LogP contribution in [0.25, 0.3) is 0 Å². The molecule has 0 atom stereocenters. The van der Waals surface area contributed by atoms with Crippen LogP contribution >= 0.6 is 10.7 Å². The smallest absolute Gasteiger partial charge is 0.262 e. The number of benzene rings is 1. The minimum atomic E-state index is -3.95. The van der Waals surface area contributed by atoms with E-state index in [4.69, 9.17) is 15.1 Å². The third kappa shape index (κ3) is 3.61. The van der Waals surface area contributed by atoms with Crippen LogP contribution in [0.15, 0.2) is 52.0 Å². The molecule has 0 unspecified atom stereocenters. The molecule has 1 heterocycles. The van der Waals surface area contributed by atoms with Gasteiger partial charge < -0.3 is 9.73 Å². The molecule has 0 saturated heterocycles. The number of nitrogens with one attached hydrogen (secondary N) is 1. The third-order valence-electron chi connectivity index (χ3n) is 2.63. The largest absolute Gasteiger partial charge is 0.469 e. The lowest BCUT2D eigenvalue weighted by molar-refractivity contribution is 0.0950. The van der Waals surface area contributed by atoms with Gasteiger partial charge in [0.2, 0.25) is 0 Å². The van der Waals surface area contributed by atoms with Gasteiger partial charge >= 0.3 is 0 Å². The van der Waals surface area contributed by atoms with Crippen LogP contribution in [0.3, 0.4) is 0 Å². The molecule has 0 aliphatic heterocycles. The fourth-order valence-corrected chi connectivity index (χ4v) is 2.78. The Hall–Kier alpha value is -1.79. The van der Waals surface area contributed by atoms with Gasteiger partial charge in [0.15, 0.2) is 0 Å². The number of furan rings is 1. The first-order chi connectivity index (χ1) is 9.48. The first kappa shape index (κ1) is 14.6. The van der Waals surface area contributed by atoms with Gasteiger partial charge in [0.05, 0.1) is 16.7 Å². The monoisotopic (exact) mass is 313 g/mol. The summed E-state index contributed by atoms with van der Waals surface area (Å²) in [6, 6.07) is 9.35. The SMILES string of the molecule is O=C(NCCc1ccco1)c1ccccc1S(=O)(=O)Cl. The summed E-state index contributed by atoms with van der Waals surface area (Å²) in [5.41, 5.74) is 0.0296. The molecule has 1 amide bonds. The molecule has 2 aromatic rings. The highest BCUT2D eigenvalue weighted by Gasteiger charge is 2.19. The average Bonchev–Trinajstić information content (AvgIpc) is 2.91. The van der Waals surface area contributed by atoms with Gasteiger partial charge in [-0.2, -0.15) is 0 Å². The topological polar surface area (TPSA) is 76.4 Å². The summed E-state index contributed by atoms with van der Waals surface area (Å²) in [6.07, 6.45) is 2.07.